The molecule has 0 bridgehead atoms. The van der Waals surface area contributed by atoms with Crippen molar-refractivity contribution in [2.24, 2.45) is 0 Å². The van der Waals surface area contributed by atoms with E-state index in [4.69, 9.17) is 0 Å². The molecular weight excluding hydrogens is 670 g/mol. The highest BCUT2D eigenvalue weighted by Gasteiger charge is 2.44. The van der Waals surface area contributed by atoms with Gasteiger partial charge in [-0.25, -0.2) is 14.8 Å². The molecule has 6 rings (SSSR count). The average molecular weight is 713 g/mol. The number of amides is 3. The summed E-state index contributed by atoms with van der Waals surface area (Å²) in [7, 11) is 2.96. The minimum atomic E-state index is -3.25. The number of methoxy groups -OCH3 is 1. The number of ether oxygens (including phenoxy) is 1. The number of nitrogens with one attached hydrogen (secondary N) is 4. The highest BCUT2D eigenvalue weighted by Crippen LogP contribution is 2.52. The first-order valence-corrected chi connectivity index (χ1v) is 17.3. The van der Waals surface area contributed by atoms with Crippen molar-refractivity contribution in [3.05, 3.63) is 83.6 Å². The summed E-state index contributed by atoms with van der Waals surface area (Å²) in [4.78, 5) is 55.6. The van der Waals surface area contributed by atoms with Crippen LogP contribution in [0.5, 0.6) is 0 Å². The third-order valence-electron chi connectivity index (χ3n) is 9.08. The molecule has 0 saturated heterocycles. The van der Waals surface area contributed by atoms with Gasteiger partial charge in [0.2, 0.25) is 11.8 Å². The molecule has 0 radical (unpaired) electrons. The topological polar surface area (TPSA) is 148 Å². The molecule has 0 fully saturated rings. The summed E-state index contributed by atoms with van der Waals surface area (Å²) < 4.78 is 37.0. The highest BCUT2D eigenvalue weighted by atomic mass is 19.3. The summed E-state index contributed by atoms with van der Waals surface area (Å²) >= 11 is 0. The molecule has 3 amide bonds. The van der Waals surface area contributed by atoms with E-state index >= 15 is 8.78 Å². The minimum absolute atomic E-state index is 0.0121. The highest BCUT2D eigenvalue weighted by molar-refractivity contribution is 5.87. The number of hydrogen-bond acceptors (Lipinski definition) is 7. The molecule has 1 aliphatic rings. The number of rotatable bonds is 14. The lowest BCUT2D eigenvalue weighted by Gasteiger charge is -2.21. The van der Waals surface area contributed by atoms with Crippen molar-refractivity contribution in [1.29, 1.82) is 0 Å². The van der Waals surface area contributed by atoms with E-state index in [0.717, 1.165) is 23.0 Å². The van der Waals surface area contributed by atoms with E-state index in [-0.39, 0.29) is 42.6 Å². The molecule has 272 valence electrons. The summed E-state index contributed by atoms with van der Waals surface area (Å²) in [5.41, 5.74) is 4.74. The molecule has 4 N–H and O–H groups in total. The lowest BCUT2D eigenvalue weighted by molar-refractivity contribution is -0.131. The fourth-order valence-corrected chi connectivity index (χ4v) is 6.56. The van der Waals surface area contributed by atoms with Gasteiger partial charge in [-0.05, 0) is 66.4 Å². The van der Waals surface area contributed by atoms with E-state index in [2.05, 4.69) is 35.3 Å². The molecule has 52 heavy (non-hydrogen) atoms. The molecule has 0 aliphatic heterocycles. The van der Waals surface area contributed by atoms with Crippen LogP contribution in [0.4, 0.5) is 13.6 Å². The molecule has 2 heterocycles. The maximum Gasteiger partial charge on any atom is 0.407 e. The number of H-pyrrole nitrogens is 2. The van der Waals surface area contributed by atoms with Crippen LogP contribution in [-0.4, -0.2) is 88.0 Å². The van der Waals surface area contributed by atoms with Gasteiger partial charge in [0.15, 0.2) is 0 Å². The van der Waals surface area contributed by atoms with Crippen molar-refractivity contribution < 1.29 is 27.9 Å². The monoisotopic (exact) mass is 712 g/mol. The number of benzene rings is 3. The standard InChI is InChI=1S/C38H42F2N8O4/c1-5-13-47(36(50)20-43-37(51)52-4)21-33-42-18-32(46-33)25-8-11-27-26-10-7-23(15-28(26)38(39,40)29(27)16-25)24-9-12-30-31(17-24)45-34(44-30)22-48(14-6-2)35(49)19-41-3/h7-12,15-18,41H,5-6,13-14,19-22H2,1-4H3,(H,42,46)(H,43,51)(H,44,45). The number of alkyl carbamates (subject to hydrolysis) is 1. The fourth-order valence-electron chi connectivity index (χ4n) is 6.56. The smallest absolute Gasteiger partial charge is 0.407 e. The Balaban J connectivity index is 1.21. The second kappa shape index (κ2) is 15.3. The number of imidazole rings is 2. The van der Waals surface area contributed by atoms with Crippen molar-refractivity contribution in [3.63, 3.8) is 0 Å². The van der Waals surface area contributed by atoms with Gasteiger partial charge in [-0.1, -0.05) is 44.2 Å². The number of fused-ring (bicyclic) bond motifs is 4. The summed E-state index contributed by atoms with van der Waals surface area (Å²) in [5.74, 6) is -2.43. The average Bonchev–Trinajstić information content (AvgIpc) is 3.84. The zero-order valence-corrected chi connectivity index (χ0v) is 29.6. The van der Waals surface area contributed by atoms with Crippen molar-refractivity contribution >= 4 is 28.9 Å². The third kappa shape index (κ3) is 7.38. The van der Waals surface area contributed by atoms with Crippen LogP contribution in [0.2, 0.25) is 0 Å². The van der Waals surface area contributed by atoms with Crippen LogP contribution in [0, 0.1) is 0 Å². The van der Waals surface area contributed by atoms with E-state index in [0.29, 0.717) is 65.7 Å². The zero-order chi connectivity index (χ0) is 37.0. The zero-order valence-electron chi connectivity index (χ0n) is 29.6. The van der Waals surface area contributed by atoms with Crippen LogP contribution in [0.3, 0.4) is 0 Å². The van der Waals surface area contributed by atoms with Crippen LogP contribution >= 0.6 is 0 Å². The maximum absolute atomic E-state index is 16.2. The Kier molecular flexibility index (Phi) is 10.7. The van der Waals surface area contributed by atoms with Crippen LogP contribution < -0.4 is 10.6 Å². The van der Waals surface area contributed by atoms with Gasteiger partial charge >= 0.3 is 6.09 Å². The van der Waals surface area contributed by atoms with Gasteiger partial charge in [0.25, 0.3) is 5.92 Å². The normalized spacial score (nSPS) is 12.7. The van der Waals surface area contributed by atoms with Crippen LogP contribution in [0.1, 0.15) is 49.5 Å². The minimum Gasteiger partial charge on any atom is -0.453 e. The molecule has 3 aromatic carbocycles. The Bertz CT molecular complexity index is 2110. The Morgan fingerprint density at radius 2 is 1.40 bits per heavy atom. The summed E-state index contributed by atoms with van der Waals surface area (Å²) in [6, 6.07) is 15.7. The Morgan fingerprint density at radius 1 is 0.808 bits per heavy atom. The second-order valence-electron chi connectivity index (χ2n) is 12.8. The van der Waals surface area contributed by atoms with Gasteiger partial charge in [0, 0.05) is 29.8 Å². The number of likely N-dealkylation sites (N-methyl/N-ethyl adjacent to an activating group) is 1. The van der Waals surface area contributed by atoms with Crippen molar-refractivity contribution in [3.8, 4) is 33.5 Å². The first kappa shape index (κ1) is 36.2. The second-order valence-corrected chi connectivity index (χ2v) is 12.8. The van der Waals surface area contributed by atoms with Crippen molar-refractivity contribution in [1.82, 2.24) is 40.4 Å². The van der Waals surface area contributed by atoms with Gasteiger partial charge < -0.3 is 35.1 Å². The Hall–Kier alpha value is -5.63. The van der Waals surface area contributed by atoms with E-state index in [9.17, 15) is 14.4 Å². The predicted molar refractivity (Wildman–Crippen MR) is 193 cm³/mol. The Labute approximate surface area is 300 Å². The molecule has 1 aliphatic carbocycles. The van der Waals surface area contributed by atoms with Gasteiger partial charge in [-0.2, -0.15) is 8.78 Å². The number of carbonyl (C=O) groups is 3. The lowest BCUT2D eigenvalue weighted by Crippen LogP contribution is -2.40. The van der Waals surface area contributed by atoms with Crippen molar-refractivity contribution in [2.75, 3.05) is 40.3 Å². The summed E-state index contributed by atoms with van der Waals surface area (Å²) in [6.07, 6.45) is 2.37. The quantitative estimate of drug-likeness (QED) is 0.114. The SMILES string of the molecule is CCCN(Cc1ncc(-c2ccc3c(c2)C(F)(F)c2cc(-c4ccc5nc(CN(CCC)C(=O)CNC)[nH]c5c4)ccc2-3)[nH]1)C(=O)CNC(=O)OC. The molecule has 0 spiro atoms. The number of alkyl halides is 2. The molecule has 5 aromatic rings. The van der Waals surface area contributed by atoms with E-state index in [1.165, 1.54) is 13.2 Å². The molecule has 0 unspecified atom stereocenters. The number of aromatic amines is 2. The van der Waals surface area contributed by atoms with E-state index < -0.39 is 12.0 Å². The fraction of sp³-hybridized carbons (Fsp3) is 0.342. The van der Waals surface area contributed by atoms with Crippen LogP contribution in [-0.2, 0) is 33.3 Å². The maximum atomic E-state index is 16.2. The van der Waals surface area contributed by atoms with Crippen molar-refractivity contribution in [2.45, 2.75) is 45.7 Å². The number of hydrogen-bond donors (Lipinski definition) is 4. The van der Waals surface area contributed by atoms with Gasteiger partial charge in [0.1, 0.15) is 18.2 Å². The third-order valence-corrected chi connectivity index (χ3v) is 9.08. The number of nitrogens with zero attached hydrogens (tertiary/aromatic N) is 4. The predicted octanol–water partition coefficient (Wildman–Crippen LogP) is 5.79. The molecule has 12 nitrogen and oxygen atoms in total. The lowest BCUT2D eigenvalue weighted by atomic mass is 9.98. The van der Waals surface area contributed by atoms with Gasteiger partial charge in [-0.3, -0.25) is 9.59 Å². The molecule has 0 saturated carbocycles. The number of aromatic nitrogens is 4. The molecular formula is C38H42F2N8O4. The first-order chi connectivity index (χ1) is 25.1. The van der Waals surface area contributed by atoms with E-state index in [1.807, 2.05) is 38.1 Å². The molecule has 2 aromatic heterocycles. The molecule has 0 atom stereocenters. The first-order valence-electron chi connectivity index (χ1n) is 17.3. The van der Waals surface area contributed by atoms with E-state index in [1.54, 1.807) is 47.3 Å². The van der Waals surface area contributed by atoms with Gasteiger partial charge in [-0.15, -0.1) is 0 Å². The number of carbonyl (C=O) groups excluding carboxylic acids is 3. The van der Waals surface area contributed by atoms with Gasteiger partial charge in [0.05, 0.1) is 49.7 Å². The number of halogens is 2. The van der Waals surface area contributed by atoms with Crippen LogP contribution in [0.15, 0.2) is 60.8 Å². The summed E-state index contributed by atoms with van der Waals surface area (Å²) in [6.45, 7) is 5.52. The molecule has 14 heteroatoms. The summed E-state index contributed by atoms with van der Waals surface area (Å²) in [5, 5.41) is 5.29. The Morgan fingerprint density at radius 3 is 2.06 bits per heavy atom. The largest absolute Gasteiger partial charge is 0.453 e. The van der Waals surface area contributed by atoms with Crippen LogP contribution in [0.25, 0.3) is 44.5 Å².